The summed E-state index contributed by atoms with van der Waals surface area (Å²) in [4.78, 5) is 17.9. The van der Waals surface area contributed by atoms with Gasteiger partial charge in [0.05, 0.1) is 11.9 Å². The van der Waals surface area contributed by atoms with Crippen LogP contribution in [-0.4, -0.2) is 24.4 Å². The molecule has 0 aromatic carbocycles. The van der Waals surface area contributed by atoms with Gasteiger partial charge in [0, 0.05) is 0 Å². The maximum atomic E-state index is 9.89. The van der Waals surface area contributed by atoms with Crippen molar-refractivity contribution in [2.75, 3.05) is 0 Å². The number of carboxylic acid groups (broad SMARTS) is 2. The van der Waals surface area contributed by atoms with E-state index in [0.29, 0.717) is 0 Å². The van der Waals surface area contributed by atoms with Crippen LogP contribution >= 0.6 is 0 Å². The quantitative estimate of drug-likeness (QED) is 0.285. The van der Waals surface area contributed by atoms with Gasteiger partial charge in [0.2, 0.25) is 0 Å². The zero-order valence-electron chi connectivity index (χ0n) is 6.41. The van der Waals surface area contributed by atoms with Crippen LogP contribution in [0.4, 0.5) is 8.63 Å². The van der Waals surface area contributed by atoms with E-state index in [0.717, 1.165) is 0 Å². The first-order valence-corrected chi connectivity index (χ1v) is 1.76. The maximum absolute atomic E-state index is 9.89. The standard InChI is InChI=1S/C2H2O4.BF2HO.2Li/c3-1(4)2(5)6;2-1(3)4;;/h(H,3,4)(H,5,6);4H;;/q;;2*+1/p-2. The van der Waals surface area contributed by atoms with E-state index in [1.165, 1.54) is 0 Å². The SMILES string of the molecule is O=C([O-])C(=O)[O-].OB(F)F.[Li+].[Li+]. The summed E-state index contributed by atoms with van der Waals surface area (Å²) in [5.74, 6) is -4.37. The molecule has 0 aromatic rings. The molecule has 0 atom stereocenters. The zero-order valence-corrected chi connectivity index (χ0v) is 6.41. The molecule has 12 heavy (non-hydrogen) atoms. The normalized spacial score (nSPS) is 5.92. The summed E-state index contributed by atoms with van der Waals surface area (Å²) in [5, 5.41) is 24.6. The number of hydrogen-bond donors (Lipinski definition) is 1. The van der Waals surface area contributed by atoms with Crippen LogP contribution in [0.3, 0.4) is 0 Å². The molecule has 58 valence electrons. The molecule has 0 radical (unpaired) electrons. The van der Waals surface area contributed by atoms with Gasteiger partial charge in [0.15, 0.2) is 0 Å². The van der Waals surface area contributed by atoms with Gasteiger partial charge in [-0.2, -0.15) is 0 Å². The van der Waals surface area contributed by atoms with Crippen molar-refractivity contribution in [1.82, 2.24) is 0 Å². The first kappa shape index (κ1) is 22.7. The molecule has 0 saturated carbocycles. The van der Waals surface area contributed by atoms with E-state index in [4.69, 9.17) is 24.8 Å². The summed E-state index contributed by atoms with van der Waals surface area (Å²) in [7, 11) is -3.17. The van der Waals surface area contributed by atoms with Crippen LogP contribution in [-0.2, 0) is 9.59 Å². The molecule has 0 aliphatic carbocycles. The number of carbonyl (C=O) groups excluding carboxylic acids is 2. The van der Waals surface area contributed by atoms with Crippen molar-refractivity contribution < 1.29 is 71.2 Å². The van der Waals surface area contributed by atoms with Gasteiger partial charge in [-0.15, -0.1) is 0 Å². The summed E-state index contributed by atoms with van der Waals surface area (Å²) in [6.07, 6.45) is 0. The Hall–Kier alpha value is 0.0197. The van der Waals surface area contributed by atoms with Crippen molar-refractivity contribution >= 4 is 19.4 Å². The molecule has 0 heterocycles. The molecular formula is C2HBF2Li2O5. The number of carboxylic acids is 2. The summed E-state index contributed by atoms with van der Waals surface area (Å²) in [5.41, 5.74) is 0. The second kappa shape index (κ2) is 13.6. The minimum Gasteiger partial charge on any atom is -0.543 e. The Bertz CT molecular complexity index is 118. The van der Waals surface area contributed by atoms with E-state index in [1.807, 2.05) is 0 Å². The van der Waals surface area contributed by atoms with Gasteiger partial charge in [0.25, 0.3) is 0 Å². The summed E-state index contributed by atoms with van der Waals surface area (Å²) < 4.78 is 19.8. The molecule has 1 N–H and O–H groups in total. The first-order valence-electron chi connectivity index (χ1n) is 1.76. The Morgan fingerprint density at radius 1 is 1.08 bits per heavy atom. The van der Waals surface area contributed by atoms with Crippen LogP contribution in [0.15, 0.2) is 0 Å². The van der Waals surface area contributed by atoms with Gasteiger partial charge >= 0.3 is 45.2 Å². The van der Waals surface area contributed by atoms with E-state index in [-0.39, 0.29) is 37.7 Å². The van der Waals surface area contributed by atoms with Crippen LogP contribution in [0.1, 0.15) is 0 Å². The topological polar surface area (TPSA) is 100 Å². The molecule has 0 aliphatic rings. The Morgan fingerprint density at radius 3 is 1.17 bits per heavy atom. The maximum Gasteiger partial charge on any atom is 1.00 e. The van der Waals surface area contributed by atoms with Crippen LogP contribution in [0.2, 0.25) is 0 Å². The van der Waals surface area contributed by atoms with Crippen LogP contribution in [0.25, 0.3) is 0 Å². The average Bonchev–Trinajstić information content (AvgIpc) is 1.63. The average molecular weight is 168 g/mol. The first-order chi connectivity index (χ1) is 4.37. The Balaban J connectivity index is -0.0000000483. The van der Waals surface area contributed by atoms with E-state index in [9.17, 15) is 8.63 Å². The molecule has 0 spiro atoms. The molecule has 10 heteroatoms. The van der Waals surface area contributed by atoms with Crippen molar-refractivity contribution in [2.24, 2.45) is 0 Å². The monoisotopic (exact) mass is 168 g/mol. The van der Waals surface area contributed by atoms with E-state index >= 15 is 0 Å². The number of aliphatic carboxylic acids is 2. The largest absolute Gasteiger partial charge is 1.00 e. The second-order valence-electron chi connectivity index (χ2n) is 0.853. The third-order valence-electron chi connectivity index (χ3n) is 0.167. The minimum absolute atomic E-state index is 0. The molecule has 5 nitrogen and oxygen atoms in total. The van der Waals surface area contributed by atoms with Crippen molar-refractivity contribution in [1.29, 1.82) is 0 Å². The fourth-order valence-electron chi connectivity index (χ4n) is 0. The molecule has 0 amide bonds. The summed E-state index contributed by atoms with van der Waals surface area (Å²) >= 11 is 0. The number of hydrogen-bond acceptors (Lipinski definition) is 5. The molecule has 0 aromatic heterocycles. The van der Waals surface area contributed by atoms with Gasteiger partial charge in [-0.1, -0.05) is 0 Å². The Labute approximate surface area is 90.7 Å². The molecule has 0 fully saturated rings. The van der Waals surface area contributed by atoms with Crippen LogP contribution in [0, 0.1) is 0 Å². The third kappa shape index (κ3) is 50.4. The molecule has 0 aliphatic heterocycles. The third-order valence-corrected chi connectivity index (χ3v) is 0.167. The van der Waals surface area contributed by atoms with Gasteiger partial charge in [-0.3, -0.25) is 8.63 Å². The number of rotatable bonds is 0. The number of halogens is 2. The molecule has 0 rings (SSSR count). The fraction of sp³-hybridized carbons (Fsp3) is 0. The Morgan fingerprint density at radius 2 is 1.17 bits per heavy atom. The zero-order chi connectivity index (χ0) is 8.73. The van der Waals surface area contributed by atoms with Crippen molar-refractivity contribution in [3.05, 3.63) is 0 Å². The second-order valence-corrected chi connectivity index (χ2v) is 0.853. The van der Waals surface area contributed by atoms with Crippen molar-refractivity contribution in [3.63, 3.8) is 0 Å². The van der Waals surface area contributed by atoms with Crippen LogP contribution in [0.5, 0.6) is 0 Å². The van der Waals surface area contributed by atoms with Gasteiger partial charge in [0.1, 0.15) is 0 Å². The van der Waals surface area contributed by atoms with Gasteiger partial charge in [-0.05, 0) is 0 Å². The fourth-order valence-corrected chi connectivity index (χ4v) is 0. The van der Waals surface area contributed by atoms with Crippen molar-refractivity contribution in [3.8, 4) is 0 Å². The van der Waals surface area contributed by atoms with Crippen LogP contribution < -0.4 is 47.9 Å². The summed E-state index contributed by atoms with van der Waals surface area (Å²) in [6, 6.07) is 0. The predicted octanol–water partition coefficient (Wildman–Crippen LogP) is -9.60. The van der Waals surface area contributed by atoms with E-state index in [1.54, 1.807) is 0 Å². The molecular weight excluding hydrogens is 167 g/mol. The molecule has 0 bridgehead atoms. The molecule has 0 unspecified atom stereocenters. The van der Waals surface area contributed by atoms with E-state index < -0.39 is 19.4 Å². The minimum atomic E-state index is -3.17. The summed E-state index contributed by atoms with van der Waals surface area (Å²) in [6.45, 7) is 0. The van der Waals surface area contributed by atoms with E-state index in [2.05, 4.69) is 0 Å². The molecule has 0 saturated heterocycles. The Kier molecular flexibility index (Phi) is 25.7. The number of carbonyl (C=O) groups is 2. The van der Waals surface area contributed by atoms with Gasteiger partial charge in [-0.25, -0.2) is 0 Å². The predicted molar refractivity (Wildman–Crippen MR) is 20.2 cm³/mol. The van der Waals surface area contributed by atoms with Crippen molar-refractivity contribution in [2.45, 2.75) is 0 Å². The van der Waals surface area contributed by atoms with Gasteiger partial charge < -0.3 is 24.8 Å². The smallest absolute Gasteiger partial charge is 0.543 e.